The fourth-order valence-corrected chi connectivity index (χ4v) is 2.31. The van der Waals surface area contributed by atoms with Crippen molar-refractivity contribution in [1.82, 2.24) is 0 Å². The molecule has 3 nitrogen and oxygen atoms in total. The highest BCUT2D eigenvalue weighted by atomic mass is 16.2. The lowest BCUT2D eigenvalue weighted by molar-refractivity contribution is -0.117. The summed E-state index contributed by atoms with van der Waals surface area (Å²) in [5.41, 5.74) is 4.51. The zero-order valence-electron chi connectivity index (χ0n) is 10.3. The maximum absolute atomic E-state index is 11.9. The van der Waals surface area contributed by atoms with Crippen molar-refractivity contribution in [2.24, 2.45) is 0 Å². The topological polar surface area (TPSA) is 32.3 Å². The largest absolute Gasteiger partial charge is 0.374 e. The van der Waals surface area contributed by atoms with Gasteiger partial charge in [0, 0.05) is 6.04 Å². The predicted molar refractivity (Wildman–Crippen MR) is 67.0 cm³/mol. The molecule has 0 aliphatic carbocycles. The molecule has 0 saturated carbocycles. The van der Waals surface area contributed by atoms with Crippen LogP contribution in [0, 0.1) is 13.8 Å². The van der Waals surface area contributed by atoms with E-state index in [1.807, 2.05) is 18.7 Å². The van der Waals surface area contributed by atoms with E-state index in [-0.39, 0.29) is 11.9 Å². The SMILES string of the molecule is Cc1cc(C)c2c(c1)N(C(C)C)C(=O)CN2. The number of benzene rings is 1. The Kier molecular flexibility index (Phi) is 2.62. The van der Waals surface area contributed by atoms with E-state index < -0.39 is 0 Å². The van der Waals surface area contributed by atoms with Gasteiger partial charge in [0.05, 0.1) is 17.9 Å². The number of carbonyl (C=O) groups excluding carboxylic acids is 1. The minimum atomic E-state index is 0.146. The maximum Gasteiger partial charge on any atom is 0.246 e. The molecule has 86 valence electrons. The zero-order valence-corrected chi connectivity index (χ0v) is 10.3. The quantitative estimate of drug-likeness (QED) is 0.785. The van der Waals surface area contributed by atoms with Gasteiger partial charge in [-0.05, 0) is 44.9 Å². The van der Waals surface area contributed by atoms with E-state index in [4.69, 9.17) is 0 Å². The molecule has 0 spiro atoms. The molecule has 0 atom stereocenters. The number of aryl methyl sites for hydroxylation is 2. The standard InChI is InChI=1S/C13H18N2O/c1-8(2)15-11-6-9(3)5-10(4)13(11)14-7-12(15)16/h5-6,8,14H,7H2,1-4H3. The highest BCUT2D eigenvalue weighted by molar-refractivity contribution is 6.03. The van der Waals surface area contributed by atoms with Crippen LogP contribution in [0.1, 0.15) is 25.0 Å². The lowest BCUT2D eigenvalue weighted by atomic mass is 10.0. The lowest BCUT2D eigenvalue weighted by Gasteiger charge is -2.34. The average Bonchev–Trinajstić information content (AvgIpc) is 2.15. The van der Waals surface area contributed by atoms with E-state index in [0.29, 0.717) is 6.54 Å². The first kappa shape index (κ1) is 11.0. The molecule has 1 aliphatic rings. The van der Waals surface area contributed by atoms with Gasteiger partial charge in [-0.2, -0.15) is 0 Å². The van der Waals surface area contributed by atoms with Gasteiger partial charge in [-0.3, -0.25) is 4.79 Å². The number of amides is 1. The van der Waals surface area contributed by atoms with Gasteiger partial charge in [0.15, 0.2) is 0 Å². The number of nitrogens with one attached hydrogen (secondary N) is 1. The van der Waals surface area contributed by atoms with Gasteiger partial charge < -0.3 is 10.2 Å². The van der Waals surface area contributed by atoms with Crippen LogP contribution in [0.2, 0.25) is 0 Å². The molecule has 1 aromatic rings. The molecular formula is C13H18N2O. The van der Waals surface area contributed by atoms with Crippen molar-refractivity contribution in [3.8, 4) is 0 Å². The van der Waals surface area contributed by atoms with Gasteiger partial charge in [-0.1, -0.05) is 6.07 Å². The van der Waals surface area contributed by atoms with Gasteiger partial charge in [0.1, 0.15) is 0 Å². The molecule has 2 rings (SSSR count). The van der Waals surface area contributed by atoms with Crippen molar-refractivity contribution in [2.45, 2.75) is 33.7 Å². The van der Waals surface area contributed by atoms with Crippen LogP contribution >= 0.6 is 0 Å². The Morgan fingerprint density at radius 1 is 1.31 bits per heavy atom. The van der Waals surface area contributed by atoms with Gasteiger partial charge >= 0.3 is 0 Å². The third kappa shape index (κ3) is 1.66. The van der Waals surface area contributed by atoms with Crippen molar-refractivity contribution in [3.63, 3.8) is 0 Å². The Hall–Kier alpha value is -1.51. The molecule has 0 fully saturated rings. The maximum atomic E-state index is 11.9. The second-order valence-corrected chi connectivity index (χ2v) is 4.69. The van der Waals surface area contributed by atoms with Crippen LogP contribution in [-0.4, -0.2) is 18.5 Å². The summed E-state index contributed by atoms with van der Waals surface area (Å²) in [6.45, 7) is 8.63. The third-order valence-electron chi connectivity index (χ3n) is 2.92. The summed E-state index contributed by atoms with van der Waals surface area (Å²) >= 11 is 0. The number of fused-ring (bicyclic) bond motifs is 1. The highest BCUT2D eigenvalue weighted by Crippen LogP contribution is 2.34. The molecule has 0 bridgehead atoms. The van der Waals surface area contributed by atoms with Crippen LogP contribution < -0.4 is 10.2 Å². The Balaban J connectivity index is 2.58. The summed E-state index contributed by atoms with van der Waals surface area (Å²) in [5, 5.41) is 3.20. The summed E-state index contributed by atoms with van der Waals surface area (Å²) < 4.78 is 0. The molecule has 0 saturated heterocycles. The minimum Gasteiger partial charge on any atom is -0.374 e. The number of carbonyl (C=O) groups is 1. The smallest absolute Gasteiger partial charge is 0.246 e. The number of rotatable bonds is 1. The molecule has 1 aliphatic heterocycles. The molecule has 1 N–H and O–H groups in total. The first-order chi connectivity index (χ1) is 7.50. The zero-order chi connectivity index (χ0) is 11.9. The first-order valence-corrected chi connectivity index (χ1v) is 5.68. The first-order valence-electron chi connectivity index (χ1n) is 5.68. The van der Waals surface area contributed by atoms with E-state index >= 15 is 0 Å². The van der Waals surface area contributed by atoms with Crippen LogP contribution in [0.15, 0.2) is 12.1 Å². The number of hydrogen-bond acceptors (Lipinski definition) is 2. The lowest BCUT2D eigenvalue weighted by Crippen LogP contribution is -2.44. The molecule has 0 aromatic heterocycles. The van der Waals surface area contributed by atoms with Crippen molar-refractivity contribution < 1.29 is 4.79 Å². The second-order valence-electron chi connectivity index (χ2n) is 4.69. The number of hydrogen-bond donors (Lipinski definition) is 1. The molecule has 1 amide bonds. The summed E-state index contributed by atoms with van der Waals surface area (Å²) in [7, 11) is 0. The third-order valence-corrected chi connectivity index (χ3v) is 2.92. The van der Waals surface area contributed by atoms with E-state index in [1.54, 1.807) is 0 Å². The fourth-order valence-electron chi connectivity index (χ4n) is 2.31. The molecular weight excluding hydrogens is 200 g/mol. The summed E-state index contributed by atoms with van der Waals surface area (Å²) in [4.78, 5) is 13.8. The number of anilines is 2. The summed E-state index contributed by atoms with van der Waals surface area (Å²) in [6, 6.07) is 4.42. The summed E-state index contributed by atoms with van der Waals surface area (Å²) in [6.07, 6.45) is 0. The van der Waals surface area contributed by atoms with Crippen LogP contribution in [0.4, 0.5) is 11.4 Å². The molecule has 1 aromatic carbocycles. The minimum absolute atomic E-state index is 0.146. The molecule has 0 unspecified atom stereocenters. The van der Waals surface area contributed by atoms with Crippen LogP contribution in [-0.2, 0) is 4.79 Å². The molecule has 1 heterocycles. The van der Waals surface area contributed by atoms with Gasteiger partial charge in [-0.25, -0.2) is 0 Å². The molecule has 16 heavy (non-hydrogen) atoms. The van der Waals surface area contributed by atoms with E-state index in [1.165, 1.54) is 11.1 Å². The average molecular weight is 218 g/mol. The van der Waals surface area contributed by atoms with Crippen LogP contribution in [0.5, 0.6) is 0 Å². The predicted octanol–water partition coefficient (Wildman–Crippen LogP) is 2.47. The number of nitrogens with zero attached hydrogens (tertiary/aromatic N) is 1. The Labute approximate surface area is 96.5 Å². The van der Waals surface area contributed by atoms with Crippen LogP contribution in [0.25, 0.3) is 0 Å². The van der Waals surface area contributed by atoms with Gasteiger partial charge in [0.25, 0.3) is 0 Å². The van der Waals surface area contributed by atoms with Crippen molar-refractivity contribution in [1.29, 1.82) is 0 Å². The molecule has 0 radical (unpaired) electrons. The van der Waals surface area contributed by atoms with E-state index in [0.717, 1.165) is 11.4 Å². The van der Waals surface area contributed by atoms with Crippen LogP contribution in [0.3, 0.4) is 0 Å². The second kappa shape index (κ2) is 3.81. The monoisotopic (exact) mass is 218 g/mol. The summed E-state index contributed by atoms with van der Waals surface area (Å²) in [5.74, 6) is 0.146. The van der Waals surface area contributed by atoms with Gasteiger partial charge in [0.2, 0.25) is 5.91 Å². The Morgan fingerprint density at radius 3 is 2.62 bits per heavy atom. The van der Waals surface area contributed by atoms with Crippen molar-refractivity contribution in [3.05, 3.63) is 23.3 Å². The van der Waals surface area contributed by atoms with Gasteiger partial charge in [-0.15, -0.1) is 0 Å². The fraction of sp³-hybridized carbons (Fsp3) is 0.462. The Morgan fingerprint density at radius 2 is 2.00 bits per heavy atom. The van der Waals surface area contributed by atoms with E-state index in [2.05, 4.69) is 31.3 Å². The molecule has 3 heteroatoms. The normalized spacial score (nSPS) is 15.1. The van der Waals surface area contributed by atoms with Crippen molar-refractivity contribution >= 4 is 17.3 Å². The highest BCUT2D eigenvalue weighted by Gasteiger charge is 2.26. The van der Waals surface area contributed by atoms with E-state index in [9.17, 15) is 4.79 Å². The Bertz CT molecular complexity index is 438. The van der Waals surface area contributed by atoms with Crippen molar-refractivity contribution in [2.75, 3.05) is 16.8 Å².